The standard InChI is InChI=1S/C14H26O2/c1-2-3-4-5-6-7-8-9-14-12-13(15)10-11-16-14/h14H,2-12H2,1H3. The van der Waals surface area contributed by atoms with Crippen molar-refractivity contribution in [1.82, 2.24) is 0 Å². The largest absolute Gasteiger partial charge is 0.377 e. The van der Waals surface area contributed by atoms with Crippen LogP contribution in [0.2, 0.25) is 0 Å². The van der Waals surface area contributed by atoms with E-state index in [-0.39, 0.29) is 6.10 Å². The molecule has 2 heteroatoms. The van der Waals surface area contributed by atoms with Crippen LogP contribution in [0.15, 0.2) is 0 Å². The van der Waals surface area contributed by atoms with Gasteiger partial charge in [-0.2, -0.15) is 0 Å². The van der Waals surface area contributed by atoms with Crippen LogP contribution in [0.3, 0.4) is 0 Å². The molecule has 1 aliphatic rings. The molecule has 1 aliphatic heterocycles. The number of hydrogen-bond donors (Lipinski definition) is 0. The van der Waals surface area contributed by atoms with Crippen LogP contribution in [0.25, 0.3) is 0 Å². The van der Waals surface area contributed by atoms with Crippen LogP contribution in [-0.2, 0) is 9.53 Å². The predicted molar refractivity (Wildman–Crippen MR) is 66.6 cm³/mol. The smallest absolute Gasteiger partial charge is 0.137 e. The van der Waals surface area contributed by atoms with Crippen LogP contribution in [0.4, 0.5) is 0 Å². The summed E-state index contributed by atoms with van der Waals surface area (Å²) in [5.41, 5.74) is 0. The van der Waals surface area contributed by atoms with Gasteiger partial charge in [0.15, 0.2) is 0 Å². The van der Waals surface area contributed by atoms with E-state index in [2.05, 4.69) is 6.92 Å². The molecule has 0 aromatic heterocycles. The van der Waals surface area contributed by atoms with Gasteiger partial charge >= 0.3 is 0 Å². The normalized spacial score (nSPS) is 21.3. The third kappa shape index (κ3) is 6.26. The first-order valence-corrected chi connectivity index (χ1v) is 6.96. The quantitative estimate of drug-likeness (QED) is 0.587. The van der Waals surface area contributed by atoms with Crippen LogP contribution in [0, 0.1) is 0 Å². The molecular weight excluding hydrogens is 200 g/mol. The zero-order chi connectivity index (χ0) is 11.6. The van der Waals surface area contributed by atoms with Gasteiger partial charge in [0.1, 0.15) is 5.78 Å². The minimum atomic E-state index is 0.233. The molecule has 0 aromatic rings. The zero-order valence-corrected chi connectivity index (χ0v) is 10.7. The van der Waals surface area contributed by atoms with Gasteiger partial charge in [0.25, 0.3) is 0 Å². The molecule has 1 heterocycles. The Morgan fingerprint density at radius 1 is 1.12 bits per heavy atom. The molecule has 0 aromatic carbocycles. The fourth-order valence-corrected chi connectivity index (χ4v) is 2.27. The Morgan fingerprint density at radius 2 is 1.81 bits per heavy atom. The maximum absolute atomic E-state index is 11.2. The van der Waals surface area contributed by atoms with Gasteiger partial charge in [-0.1, -0.05) is 51.9 Å². The number of unbranched alkanes of at least 4 members (excludes halogenated alkanes) is 6. The van der Waals surface area contributed by atoms with Crippen LogP contribution in [0.5, 0.6) is 0 Å². The maximum atomic E-state index is 11.2. The van der Waals surface area contributed by atoms with Gasteiger partial charge in [-0.05, 0) is 6.42 Å². The molecule has 0 saturated carbocycles. The minimum Gasteiger partial charge on any atom is -0.377 e. The van der Waals surface area contributed by atoms with Gasteiger partial charge in [-0.15, -0.1) is 0 Å². The van der Waals surface area contributed by atoms with Crippen molar-refractivity contribution in [1.29, 1.82) is 0 Å². The van der Waals surface area contributed by atoms with Crippen molar-refractivity contribution in [3.63, 3.8) is 0 Å². The van der Waals surface area contributed by atoms with Crippen molar-refractivity contribution in [3.8, 4) is 0 Å². The summed E-state index contributed by atoms with van der Waals surface area (Å²) in [4.78, 5) is 11.2. The number of carbonyl (C=O) groups excluding carboxylic acids is 1. The lowest BCUT2D eigenvalue weighted by Crippen LogP contribution is -2.25. The molecule has 1 fully saturated rings. The van der Waals surface area contributed by atoms with Gasteiger partial charge in [0, 0.05) is 12.8 Å². The van der Waals surface area contributed by atoms with Gasteiger partial charge in [0.2, 0.25) is 0 Å². The summed E-state index contributed by atoms with van der Waals surface area (Å²) in [5, 5.41) is 0. The Hall–Kier alpha value is -0.370. The molecule has 1 atom stereocenters. The average Bonchev–Trinajstić information content (AvgIpc) is 2.28. The zero-order valence-electron chi connectivity index (χ0n) is 10.7. The van der Waals surface area contributed by atoms with Crippen LogP contribution >= 0.6 is 0 Å². The molecule has 0 bridgehead atoms. The predicted octanol–water partition coefficient (Wildman–Crippen LogP) is 3.88. The van der Waals surface area contributed by atoms with E-state index in [1.165, 1.54) is 44.9 Å². The van der Waals surface area contributed by atoms with Crippen molar-refractivity contribution in [2.75, 3.05) is 6.61 Å². The van der Waals surface area contributed by atoms with Crippen LogP contribution in [0.1, 0.15) is 71.1 Å². The van der Waals surface area contributed by atoms with Gasteiger partial charge in [0.05, 0.1) is 12.7 Å². The number of ketones is 1. The summed E-state index contributed by atoms with van der Waals surface area (Å²) in [6.45, 7) is 2.90. The second-order valence-electron chi connectivity index (χ2n) is 4.90. The summed E-state index contributed by atoms with van der Waals surface area (Å²) in [6.07, 6.45) is 11.9. The maximum Gasteiger partial charge on any atom is 0.137 e. The van der Waals surface area contributed by atoms with Crippen molar-refractivity contribution >= 4 is 5.78 Å². The molecule has 1 unspecified atom stereocenters. The Labute approximate surface area is 99.8 Å². The second kappa shape index (κ2) is 8.74. The summed E-state index contributed by atoms with van der Waals surface area (Å²) < 4.78 is 5.57. The third-order valence-electron chi connectivity index (χ3n) is 3.32. The second-order valence-corrected chi connectivity index (χ2v) is 4.90. The average molecular weight is 226 g/mol. The summed E-state index contributed by atoms with van der Waals surface area (Å²) in [6, 6.07) is 0. The lowest BCUT2D eigenvalue weighted by molar-refractivity contribution is -0.128. The van der Waals surface area contributed by atoms with E-state index in [1.807, 2.05) is 0 Å². The molecule has 1 saturated heterocycles. The topological polar surface area (TPSA) is 26.3 Å². The van der Waals surface area contributed by atoms with E-state index in [0.717, 1.165) is 6.42 Å². The monoisotopic (exact) mass is 226 g/mol. The first-order chi connectivity index (χ1) is 7.83. The van der Waals surface area contributed by atoms with E-state index < -0.39 is 0 Å². The number of Topliss-reactive ketones (excluding diaryl/α,β-unsaturated/α-hetero) is 1. The highest BCUT2D eigenvalue weighted by molar-refractivity contribution is 5.79. The highest BCUT2D eigenvalue weighted by Gasteiger charge is 2.18. The fraction of sp³-hybridized carbons (Fsp3) is 0.929. The van der Waals surface area contributed by atoms with E-state index >= 15 is 0 Å². The summed E-state index contributed by atoms with van der Waals surface area (Å²) in [5.74, 6) is 0.388. The van der Waals surface area contributed by atoms with Crippen LogP contribution < -0.4 is 0 Å². The van der Waals surface area contributed by atoms with E-state index in [0.29, 0.717) is 25.2 Å². The lowest BCUT2D eigenvalue weighted by atomic mass is 10.0. The molecule has 1 rings (SSSR count). The molecule has 0 radical (unpaired) electrons. The summed E-state index contributed by atoms with van der Waals surface area (Å²) >= 11 is 0. The Balaban J connectivity index is 1.88. The molecule has 0 aliphatic carbocycles. The fourth-order valence-electron chi connectivity index (χ4n) is 2.27. The number of rotatable bonds is 8. The van der Waals surface area contributed by atoms with Crippen molar-refractivity contribution in [2.24, 2.45) is 0 Å². The van der Waals surface area contributed by atoms with Crippen LogP contribution in [-0.4, -0.2) is 18.5 Å². The molecule has 0 N–H and O–H groups in total. The molecule has 2 nitrogen and oxygen atoms in total. The molecule has 0 amide bonds. The first-order valence-electron chi connectivity index (χ1n) is 6.96. The highest BCUT2D eigenvalue weighted by Crippen LogP contribution is 2.17. The van der Waals surface area contributed by atoms with Gasteiger partial charge < -0.3 is 4.74 Å². The lowest BCUT2D eigenvalue weighted by Gasteiger charge is -2.21. The highest BCUT2D eigenvalue weighted by atomic mass is 16.5. The summed E-state index contributed by atoms with van der Waals surface area (Å²) in [7, 11) is 0. The molecular formula is C14H26O2. The molecule has 0 spiro atoms. The third-order valence-corrected chi connectivity index (χ3v) is 3.32. The van der Waals surface area contributed by atoms with Crippen molar-refractivity contribution in [2.45, 2.75) is 77.2 Å². The molecule has 94 valence electrons. The number of hydrogen-bond acceptors (Lipinski definition) is 2. The number of carbonyl (C=O) groups is 1. The Morgan fingerprint density at radius 3 is 2.50 bits per heavy atom. The Kier molecular flexibility index (Phi) is 7.48. The van der Waals surface area contributed by atoms with E-state index in [9.17, 15) is 4.79 Å². The Bertz CT molecular complexity index is 189. The van der Waals surface area contributed by atoms with Crippen molar-refractivity contribution < 1.29 is 9.53 Å². The first kappa shape index (κ1) is 13.7. The van der Waals surface area contributed by atoms with Gasteiger partial charge in [-0.25, -0.2) is 0 Å². The van der Waals surface area contributed by atoms with Gasteiger partial charge in [-0.3, -0.25) is 4.79 Å². The van der Waals surface area contributed by atoms with E-state index in [1.54, 1.807) is 0 Å². The van der Waals surface area contributed by atoms with E-state index in [4.69, 9.17) is 4.74 Å². The van der Waals surface area contributed by atoms with Crippen molar-refractivity contribution in [3.05, 3.63) is 0 Å². The number of ether oxygens (including phenoxy) is 1. The molecule has 16 heavy (non-hydrogen) atoms. The minimum absolute atomic E-state index is 0.233. The SMILES string of the molecule is CCCCCCCCCC1CC(=O)CCO1.